The quantitative estimate of drug-likeness (QED) is 0.749. The molecule has 28 heavy (non-hydrogen) atoms. The van der Waals surface area contributed by atoms with Gasteiger partial charge in [0, 0.05) is 31.2 Å². The number of carbonyl (C=O) groups is 2. The number of hydrogen-bond donors (Lipinski definition) is 0. The number of carbonyl (C=O) groups excluding carboxylic acids is 2. The molecule has 2 aromatic rings. The number of piperazine rings is 1. The summed E-state index contributed by atoms with van der Waals surface area (Å²) in [5.41, 5.74) is 3.09. The van der Waals surface area contributed by atoms with Crippen molar-refractivity contribution in [3.63, 3.8) is 0 Å². The van der Waals surface area contributed by atoms with Gasteiger partial charge in [0.1, 0.15) is 5.70 Å². The number of anilines is 1. The third-order valence-electron chi connectivity index (χ3n) is 5.35. The standard InChI is InChI=1S/C22H22ClN3O2/c1-15-8-9-17(23)14-18(15)26-21(27)19(16-6-4-3-5-7-16)20(22(26)28)25-12-10-24(2)11-13-25/h3-9,14H,10-13H2,1-2H3. The Kier molecular flexibility index (Phi) is 4.96. The number of nitrogens with zero attached hydrogens (tertiary/aromatic N) is 3. The van der Waals surface area contributed by atoms with Crippen molar-refractivity contribution in [3.05, 3.63) is 70.4 Å². The maximum absolute atomic E-state index is 13.5. The number of benzene rings is 2. The first-order valence-corrected chi connectivity index (χ1v) is 9.73. The van der Waals surface area contributed by atoms with Crippen molar-refractivity contribution in [2.45, 2.75) is 6.92 Å². The third kappa shape index (κ3) is 3.21. The molecule has 144 valence electrons. The van der Waals surface area contributed by atoms with E-state index >= 15 is 0 Å². The Morgan fingerprint density at radius 3 is 2.25 bits per heavy atom. The highest BCUT2D eigenvalue weighted by Crippen LogP contribution is 2.37. The zero-order valence-electron chi connectivity index (χ0n) is 16.0. The van der Waals surface area contributed by atoms with Gasteiger partial charge >= 0.3 is 0 Å². The number of hydrogen-bond acceptors (Lipinski definition) is 4. The molecular weight excluding hydrogens is 374 g/mol. The Morgan fingerprint density at radius 2 is 1.57 bits per heavy atom. The Labute approximate surface area is 169 Å². The van der Waals surface area contributed by atoms with Crippen molar-refractivity contribution in [2.75, 3.05) is 38.1 Å². The number of amides is 2. The fraction of sp³-hybridized carbons (Fsp3) is 0.273. The number of rotatable bonds is 3. The summed E-state index contributed by atoms with van der Waals surface area (Å²) < 4.78 is 0. The Hall–Kier alpha value is -2.63. The van der Waals surface area contributed by atoms with E-state index in [1.165, 1.54) is 4.90 Å². The van der Waals surface area contributed by atoms with Crippen LogP contribution in [0.4, 0.5) is 5.69 Å². The van der Waals surface area contributed by atoms with Crippen molar-refractivity contribution in [1.82, 2.24) is 9.80 Å². The average molecular weight is 396 g/mol. The van der Waals surface area contributed by atoms with Gasteiger partial charge in [0.15, 0.2) is 0 Å². The molecule has 4 rings (SSSR count). The molecule has 2 aliphatic heterocycles. The van der Waals surface area contributed by atoms with Crippen LogP contribution in [0.1, 0.15) is 11.1 Å². The third-order valence-corrected chi connectivity index (χ3v) is 5.59. The van der Waals surface area contributed by atoms with Crippen LogP contribution in [0.5, 0.6) is 0 Å². The maximum Gasteiger partial charge on any atom is 0.282 e. The van der Waals surface area contributed by atoms with Crippen molar-refractivity contribution in [2.24, 2.45) is 0 Å². The predicted octanol–water partition coefficient (Wildman–Crippen LogP) is 3.18. The minimum atomic E-state index is -0.296. The van der Waals surface area contributed by atoms with E-state index in [0.29, 0.717) is 35.1 Å². The van der Waals surface area contributed by atoms with Crippen LogP contribution in [0.3, 0.4) is 0 Å². The zero-order chi connectivity index (χ0) is 19.8. The molecule has 0 saturated carbocycles. The Bertz CT molecular complexity index is 963. The van der Waals surface area contributed by atoms with Gasteiger partial charge in [-0.3, -0.25) is 9.59 Å². The first-order valence-electron chi connectivity index (χ1n) is 9.35. The molecule has 1 fully saturated rings. The normalized spacial score (nSPS) is 18.4. The van der Waals surface area contributed by atoms with Gasteiger partial charge in [-0.2, -0.15) is 0 Å². The van der Waals surface area contributed by atoms with E-state index in [9.17, 15) is 9.59 Å². The lowest BCUT2D eigenvalue weighted by Gasteiger charge is -2.34. The molecule has 0 unspecified atom stereocenters. The molecule has 0 spiro atoms. The molecule has 1 saturated heterocycles. The fourth-order valence-electron chi connectivity index (χ4n) is 3.75. The summed E-state index contributed by atoms with van der Waals surface area (Å²) in [4.78, 5) is 32.5. The second kappa shape index (κ2) is 7.41. The topological polar surface area (TPSA) is 43.9 Å². The molecule has 2 amide bonds. The van der Waals surface area contributed by atoms with Crippen LogP contribution in [0, 0.1) is 6.92 Å². The fourth-order valence-corrected chi connectivity index (χ4v) is 3.92. The van der Waals surface area contributed by atoms with Crippen LogP contribution >= 0.6 is 11.6 Å². The number of halogens is 1. The van der Waals surface area contributed by atoms with Crippen molar-refractivity contribution in [3.8, 4) is 0 Å². The van der Waals surface area contributed by atoms with Gasteiger partial charge in [0.25, 0.3) is 11.8 Å². The van der Waals surface area contributed by atoms with E-state index in [-0.39, 0.29) is 11.8 Å². The van der Waals surface area contributed by atoms with Gasteiger partial charge < -0.3 is 9.80 Å². The van der Waals surface area contributed by atoms with E-state index < -0.39 is 0 Å². The molecule has 0 radical (unpaired) electrons. The zero-order valence-corrected chi connectivity index (χ0v) is 16.7. The van der Waals surface area contributed by atoms with Gasteiger partial charge in [-0.05, 0) is 37.2 Å². The molecule has 6 heteroatoms. The van der Waals surface area contributed by atoms with Crippen molar-refractivity contribution in [1.29, 1.82) is 0 Å². The van der Waals surface area contributed by atoms with Gasteiger partial charge in [-0.25, -0.2) is 4.90 Å². The van der Waals surface area contributed by atoms with Crippen LogP contribution in [0.2, 0.25) is 5.02 Å². The first-order chi connectivity index (χ1) is 13.5. The summed E-state index contributed by atoms with van der Waals surface area (Å²) in [6, 6.07) is 14.7. The van der Waals surface area contributed by atoms with Crippen LogP contribution in [-0.4, -0.2) is 54.8 Å². The molecule has 0 bridgehead atoms. The summed E-state index contributed by atoms with van der Waals surface area (Å²) >= 11 is 6.17. The van der Waals surface area contributed by atoms with Crippen molar-refractivity contribution >= 4 is 34.7 Å². The molecule has 0 N–H and O–H groups in total. The smallest absolute Gasteiger partial charge is 0.282 e. The van der Waals surface area contributed by atoms with Crippen LogP contribution < -0.4 is 4.90 Å². The highest BCUT2D eigenvalue weighted by Gasteiger charge is 2.43. The highest BCUT2D eigenvalue weighted by atomic mass is 35.5. The van der Waals surface area contributed by atoms with Gasteiger partial charge in [0.2, 0.25) is 0 Å². The van der Waals surface area contributed by atoms with Gasteiger partial charge in [-0.1, -0.05) is 48.0 Å². The van der Waals surface area contributed by atoms with E-state index in [0.717, 1.165) is 24.2 Å². The van der Waals surface area contributed by atoms with E-state index in [1.54, 1.807) is 12.1 Å². The molecular formula is C22H22ClN3O2. The lowest BCUT2D eigenvalue weighted by Crippen LogP contribution is -2.46. The summed E-state index contributed by atoms with van der Waals surface area (Å²) in [5, 5.41) is 0.496. The van der Waals surface area contributed by atoms with E-state index in [2.05, 4.69) is 11.9 Å². The van der Waals surface area contributed by atoms with Crippen molar-refractivity contribution < 1.29 is 9.59 Å². The molecule has 0 aliphatic carbocycles. The second-order valence-corrected chi connectivity index (χ2v) is 7.69. The second-order valence-electron chi connectivity index (χ2n) is 7.26. The summed E-state index contributed by atoms with van der Waals surface area (Å²) in [7, 11) is 2.06. The largest absolute Gasteiger partial charge is 0.364 e. The highest BCUT2D eigenvalue weighted by molar-refractivity contribution is 6.45. The summed E-state index contributed by atoms with van der Waals surface area (Å²) in [6.07, 6.45) is 0. The number of likely N-dealkylation sites (N-methyl/N-ethyl adjacent to an activating group) is 1. The lowest BCUT2D eigenvalue weighted by atomic mass is 10.0. The first kappa shape index (κ1) is 18.7. The minimum absolute atomic E-state index is 0.279. The molecule has 2 aromatic carbocycles. The Morgan fingerprint density at radius 1 is 0.893 bits per heavy atom. The molecule has 0 atom stereocenters. The van der Waals surface area contributed by atoms with Crippen LogP contribution in [0.15, 0.2) is 54.2 Å². The maximum atomic E-state index is 13.5. The molecule has 5 nitrogen and oxygen atoms in total. The summed E-state index contributed by atoms with van der Waals surface area (Å²) in [6.45, 7) is 5.00. The predicted molar refractivity (Wildman–Crippen MR) is 111 cm³/mol. The lowest BCUT2D eigenvalue weighted by molar-refractivity contribution is -0.120. The minimum Gasteiger partial charge on any atom is -0.364 e. The number of imide groups is 1. The average Bonchev–Trinajstić information content (AvgIpc) is 2.95. The van der Waals surface area contributed by atoms with Crippen LogP contribution in [0.25, 0.3) is 5.57 Å². The monoisotopic (exact) mass is 395 g/mol. The number of aryl methyl sites for hydroxylation is 1. The van der Waals surface area contributed by atoms with Crippen LogP contribution in [-0.2, 0) is 9.59 Å². The molecule has 2 aliphatic rings. The Balaban J connectivity index is 1.83. The molecule has 2 heterocycles. The molecule has 0 aromatic heterocycles. The summed E-state index contributed by atoms with van der Waals surface area (Å²) in [5.74, 6) is -0.575. The van der Waals surface area contributed by atoms with E-state index in [1.807, 2.05) is 48.2 Å². The van der Waals surface area contributed by atoms with E-state index in [4.69, 9.17) is 11.6 Å². The van der Waals surface area contributed by atoms with Gasteiger partial charge in [0.05, 0.1) is 11.3 Å². The van der Waals surface area contributed by atoms with Gasteiger partial charge in [-0.15, -0.1) is 0 Å². The SMILES string of the molecule is Cc1ccc(Cl)cc1N1C(=O)C(c2ccccc2)=C(N2CCN(C)CC2)C1=O.